The number of carbonyl (C=O) groups excluding carboxylic acids is 2. The van der Waals surface area contributed by atoms with Gasteiger partial charge in [0.2, 0.25) is 11.8 Å². The third kappa shape index (κ3) is 12.3. The van der Waals surface area contributed by atoms with E-state index in [0.717, 1.165) is 0 Å². The maximum absolute atomic E-state index is 12.2. The van der Waals surface area contributed by atoms with Crippen molar-refractivity contribution in [2.45, 2.75) is 64.8 Å². The van der Waals surface area contributed by atoms with E-state index in [2.05, 4.69) is 10.6 Å². The molecule has 2 atom stereocenters. The van der Waals surface area contributed by atoms with Gasteiger partial charge in [-0.25, -0.2) is 0 Å². The highest BCUT2D eigenvalue weighted by molar-refractivity contribution is 5.91. The number of rotatable bonds is 9. The molecule has 9 heteroatoms. The lowest BCUT2D eigenvalue weighted by Gasteiger charge is -2.26. The van der Waals surface area contributed by atoms with Crippen molar-refractivity contribution in [3.05, 3.63) is 0 Å². The molecule has 0 rings (SSSR count). The molecule has 0 aromatic carbocycles. The van der Waals surface area contributed by atoms with E-state index in [-0.39, 0.29) is 13.2 Å². The van der Waals surface area contributed by atoms with E-state index in [4.69, 9.17) is 20.3 Å². The van der Waals surface area contributed by atoms with Crippen LogP contribution in [0.5, 0.6) is 0 Å². The Kier molecular flexibility index (Phi) is 9.03. The maximum atomic E-state index is 12.2. The van der Waals surface area contributed by atoms with Gasteiger partial charge in [-0.2, -0.15) is 0 Å². The molecule has 0 saturated heterocycles. The Labute approximate surface area is 148 Å². The van der Waals surface area contributed by atoms with Crippen LogP contribution in [0.4, 0.5) is 0 Å². The predicted molar refractivity (Wildman–Crippen MR) is 92.0 cm³/mol. The Balaban J connectivity index is 4.80. The zero-order chi connectivity index (χ0) is 19.8. The van der Waals surface area contributed by atoms with Crippen LogP contribution in [-0.2, 0) is 23.9 Å². The summed E-state index contributed by atoms with van der Waals surface area (Å²) in [5.41, 5.74) is 4.79. The zero-order valence-electron chi connectivity index (χ0n) is 15.8. The van der Waals surface area contributed by atoms with Crippen molar-refractivity contribution in [2.24, 2.45) is 5.73 Å². The molecule has 0 aromatic heterocycles. The third-order valence-corrected chi connectivity index (χ3v) is 2.76. The Morgan fingerprint density at radius 2 is 1.44 bits per heavy atom. The number of hydrogen-bond acceptors (Lipinski definition) is 6. The summed E-state index contributed by atoms with van der Waals surface area (Å²) in [6.45, 7) is 10.2. The molecule has 5 N–H and O–H groups in total. The van der Waals surface area contributed by atoms with Crippen LogP contribution >= 0.6 is 0 Å². The molecule has 0 aliphatic carbocycles. The highest BCUT2D eigenvalue weighted by atomic mass is 16.5. The maximum Gasteiger partial charge on any atom is 0.322 e. The predicted octanol–water partition coefficient (Wildman–Crippen LogP) is -0.370. The van der Waals surface area contributed by atoms with Gasteiger partial charge >= 0.3 is 5.97 Å². The van der Waals surface area contributed by atoms with E-state index in [0.29, 0.717) is 0 Å². The molecule has 0 heterocycles. The molecule has 0 unspecified atom stereocenters. The van der Waals surface area contributed by atoms with Crippen molar-refractivity contribution in [1.29, 1.82) is 0 Å². The van der Waals surface area contributed by atoms with Crippen LogP contribution in [0.2, 0.25) is 0 Å². The number of ether oxygens (including phenoxy) is 2. The van der Waals surface area contributed by atoms with Crippen LogP contribution in [0, 0.1) is 0 Å². The van der Waals surface area contributed by atoms with Crippen molar-refractivity contribution in [3.63, 3.8) is 0 Å². The molecule has 0 fully saturated rings. The Morgan fingerprint density at radius 3 is 1.88 bits per heavy atom. The summed E-state index contributed by atoms with van der Waals surface area (Å²) in [5.74, 6) is -2.44. The van der Waals surface area contributed by atoms with Gasteiger partial charge in [0, 0.05) is 0 Å². The van der Waals surface area contributed by atoms with Gasteiger partial charge in [0.15, 0.2) is 0 Å². The molecule has 0 bridgehead atoms. The second-order valence-electron chi connectivity index (χ2n) is 7.63. The fraction of sp³-hybridized carbons (Fsp3) is 0.812. The van der Waals surface area contributed by atoms with Crippen LogP contribution in [0.1, 0.15) is 41.5 Å². The molecule has 2 amide bonds. The summed E-state index contributed by atoms with van der Waals surface area (Å²) in [6, 6.07) is -2.03. The molecule has 9 nitrogen and oxygen atoms in total. The fourth-order valence-corrected chi connectivity index (χ4v) is 1.50. The van der Waals surface area contributed by atoms with Crippen LogP contribution in [0.15, 0.2) is 0 Å². The molecular weight excluding hydrogens is 330 g/mol. The summed E-state index contributed by atoms with van der Waals surface area (Å²) >= 11 is 0. The molecule has 25 heavy (non-hydrogen) atoms. The number of carboxylic acid groups (broad SMARTS) is 1. The summed E-state index contributed by atoms with van der Waals surface area (Å²) in [7, 11) is 0. The van der Waals surface area contributed by atoms with Gasteiger partial charge < -0.3 is 30.9 Å². The van der Waals surface area contributed by atoms with Gasteiger partial charge in [-0.1, -0.05) is 0 Å². The molecule has 0 aromatic rings. The van der Waals surface area contributed by atoms with E-state index in [1.54, 1.807) is 20.8 Å². The molecular formula is C16H31N3O6. The standard InChI is InChI=1S/C16H31N3O6/c1-15(2,3)24-8-10(17)13(22)19-11(9-25-16(4,5)6)14(23)18-7-12(20)21/h10-11H,7-9,17H2,1-6H3,(H,18,23)(H,19,22)(H,20,21)/t10-,11-/m0/s1. The molecule has 0 aliphatic heterocycles. The van der Waals surface area contributed by atoms with E-state index in [9.17, 15) is 14.4 Å². The first-order valence-corrected chi connectivity index (χ1v) is 8.04. The van der Waals surface area contributed by atoms with Gasteiger partial charge in [-0.05, 0) is 41.5 Å². The SMILES string of the molecule is CC(C)(C)OC[C@H](NC(=O)[C@@H](N)COC(C)(C)C)C(=O)NCC(=O)O. The van der Waals surface area contributed by atoms with E-state index in [1.807, 2.05) is 20.8 Å². The van der Waals surface area contributed by atoms with Gasteiger partial charge in [-0.3, -0.25) is 14.4 Å². The minimum absolute atomic E-state index is 0.0150. The average Bonchev–Trinajstić information content (AvgIpc) is 2.44. The summed E-state index contributed by atoms with van der Waals surface area (Å²) in [5, 5.41) is 13.3. The van der Waals surface area contributed by atoms with Gasteiger partial charge in [0.25, 0.3) is 0 Å². The second-order valence-corrected chi connectivity index (χ2v) is 7.63. The quantitative estimate of drug-likeness (QED) is 0.439. The minimum atomic E-state index is -1.19. The largest absolute Gasteiger partial charge is 0.480 e. The van der Waals surface area contributed by atoms with Crippen LogP contribution in [-0.4, -0.2) is 65.9 Å². The van der Waals surface area contributed by atoms with Crippen molar-refractivity contribution in [3.8, 4) is 0 Å². The first-order valence-electron chi connectivity index (χ1n) is 8.04. The Morgan fingerprint density at radius 1 is 0.960 bits per heavy atom. The van der Waals surface area contributed by atoms with E-state index < -0.39 is 47.6 Å². The summed E-state index contributed by atoms with van der Waals surface area (Å²) in [6.07, 6.45) is 0. The smallest absolute Gasteiger partial charge is 0.322 e. The van der Waals surface area contributed by atoms with Crippen LogP contribution in [0.3, 0.4) is 0 Å². The first kappa shape index (κ1) is 23.3. The lowest BCUT2D eigenvalue weighted by Crippen LogP contribution is -2.55. The Hall–Kier alpha value is -1.71. The van der Waals surface area contributed by atoms with Gasteiger partial charge in [-0.15, -0.1) is 0 Å². The second kappa shape index (κ2) is 9.69. The molecule has 0 aliphatic rings. The highest BCUT2D eigenvalue weighted by Crippen LogP contribution is 2.08. The number of amides is 2. The lowest BCUT2D eigenvalue weighted by molar-refractivity contribution is -0.139. The van der Waals surface area contributed by atoms with Crippen molar-refractivity contribution < 1.29 is 29.0 Å². The topological polar surface area (TPSA) is 140 Å². The Bertz CT molecular complexity index is 467. The summed E-state index contributed by atoms with van der Waals surface area (Å²) < 4.78 is 11.0. The average molecular weight is 361 g/mol. The first-order chi connectivity index (χ1) is 11.2. The number of carboxylic acids is 1. The van der Waals surface area contributed by atoms with Gasteiger partial charge in [0.1, 0.15) is 18.6 Å². The molecule has 146 valence electrons. The number of nitrogens with two attached hydrogens (primary N) is 1. The van der Waals surface area contributed by atoms with Crippen molar-refractivity contribution in [2.75, 3.05) is 19.8 Å². The fourth-order valence-electron chi connectivity index (χ4n) is 1.50. The van der Waals surface area contributed by atoms with Crippen LogP contribution < -0.4 is 16.4 Å². The van der Waals surface area contributed by atoms with Crippen LogP contribution in [0.25, 0.3) is 0 Å². The summed E-state index contributed by atoms with van der Waals surface area (Å²) in [4.78, 5) is 34.9. The van der Waals surface area contributed by atoms with E-state index in [1.165, 1.54) is 0 Å². The highest BCUT2D eigenvalue weighted by Gasteiger charge is 2.27. The number of hydrogen-bond donors (Lipinski definition) is 4. The monoisotopic (exact) mass is 361 g/mol. The normalized spacial score (nSPS) is 14.5. The number of nitrogens with one attached hydrogen (secondary N) is 2. The van der Waals surface area contributed by atoms with E-state index >= 15 is 0 Å². The minimum Gasteiger partial charge on any atom is -0.480 e. The van der Waals surface area contributed by atoms with Crippen molar-refractivity contribution >= 4 is 17.8 Å². The number of aliphatic carboxylic acids is 1. The van der Waals surface area contributed by atoms with Gasteiger partial charge in [0.05, 0.1) is 24.4 Å². The molecule has 0 radical (unpaired) electrons. The van der Waals surface area contributed by atoms with Crippen molar-refractivity contribution in [1.82, 2.24) is 10.6 Å². The zero-order valence-corrected chi connectivity index (χ0v) is 15.8. The number of carbonyl (C=O) groups is 3. The molecule has 0 spiro atoms. The molecule has 0 saturated carbocycles. The lowest BCUT2D eigenvalue weighted by atomic mass is 10.1. The third-order valence-electron chi connectivity index (χ3n) is 2.76.